The summed E-state index contributed by atoms with van der Waals surface area (Å²) in [7, 11) is 3.95. The van der Waals surface area contributed by atoms with Crippen LogP contribution in [0.1, 0.15) is 5.56 Å². The Balaban J connectivity index is 1.98. The molecule has 0 radical (unpaired) electrons. The lowest BCUT2D eigenvalue weighted by atomic mass is 9.71. The molecular formula is C15H22N2O2. The molecule has 0 aromatic heterocycles. The molecule has 104 valence electrons. The second kappa shape index (κ2) is 5.12. The van der Waals surface area contributed by atoms with E-state index in [-0.39, 0.29) is 5.41 Å². The molecule has 2 saturated heterocycles. The van der Waals surface area contributed by atoms with Crippen molar-refractivity contribution < 1.29 is 9.47 Å². The highest BCUT2D eigenvalue weighted by atomic mass is 16.5. The summed E-state index contributed by atoms with van der Waals surface area (Å²) in [6.07, 6.45) is 0. The van der Waals surface area contributed by atoms with Gasteiger partial charge in [0.1, 0.15) is 5.75 Å². The van der Waals surface area contributed by atoms with Gasteiger partial charge in [0.15, 0.2) is 0 Å². The van der Waals surface area contributed by atoms with Crippen LogP contribution >= 0.6 is 0 Å². The van der Waals surface area contributed by atoms with E-state index in [1.807, 2.05) is 12.1 Å². The molecule has 1 unspecified atom stereocenters. The number of rotatable bonds is 3. The van der Waals surface area contributed by atoms with Gasteiger partial charge in [0.2, 0.25) is 0 Å². The maximum absolute atomic E-state index is 5.58. The van der Waals surface area contributed by atoms with Crippen molar-refractivity contribution in [3.8, 4) is 5.75 Å². The first-order valence-corrected chi connectivity index (χ1v) is 6.90. The molecule has 0 aliphatic carbocycles. The van der Waals surface area contributed by atoms with E-state index in [0.717, 1.165) is 38.6 Å². The Labute approximate surface area is 114 Å². The minimum atomic E-state index is 0.0643. The van der Waals surface area contributed by atoms with Gasteiger partial charge in [0.05, 0.1) is 25.7 Å². The molecule has 2 fully saturated rings. The third-order valence-electron chi connectivity index (χ3n) is 4.51. The molecule has 0 spiro atoms. The molecule has 1 aromatic rings. The average Bonchev–Trinajstić information content (AvgIpc) is 2.40. The highest BCUT2D eigenvalue weighted by Gasteiger charge is 2.50. The van der Waals surface area contributed by atoms with Crippen molar-refractivity contribution >= 4 is 0 Å². The lowest BCUT2D eigenvalue weighted by Crippen LogP contribution is -2.66. The minimum absolute atomic E-state index is 0.0643. The van der Waals surface area contributed by atoms with Crippen LogP contribution in [0.3, 0.4) is 0 Å². The largest absolute Gasteiger partial charge is 0.496 e. The summed E-state index contributed by atoms with van der Waals surface area (Å²) in [4.78, 5) is 2.45. The van der Waals surface area contributed by atoms with E-state index < -0.39 is 0 Å². The molecule has 4 nitrogen and oxygen atoms in total. The number of hydrogen-bond acceptors (Lipinski definition) is 4. The maximum atomic E-state index is 5.58. The number of likely N-dealkylation sites (N-methyl/N-ethyl adjacent to an activating group) is 1. The van der Waals surface area contributed by atoms with Gasteiger partial charge in [0, 0.05) is 31.2 Å². The van der Waals surface area contributed by atoms with E-state index in [2.05, 4.69) is 29.4 Å². The molecule has 1 N–H and O–H groups in total. The van der Waals surface area contributed by atoms with Gasteiger partial charge in [-0.2, -0.15) is 0 Å². The summed E-state index contributed by atoms with van der Waals surface area (Å²) in [5.41, 5.74) is 1.35. The first-order chi connectivity index (χ1) is 9.28. The second-order valence-electron chi connectivity index (χ2n) is 5.55. The molecule has 0 saturated carbocycles. The molecule has 1 atom stereocenters. The van der Waals surface area contributed by atoms with Gasteiger partial charge in [-0.25, -0.2) is 0 Å². The van der Waals surface area contributed by atoms with Gasteiger partial charge < -0.3 is 14.8 Å². The van der Waals surface area contributed by atoms with E-state index in [1.165, 1.54) is 5.56 Å². The Bertz CT molecular complexity index is 446. The van der Waals surface area contributed by atoms with Crippen LogP contribution in [0.5, 0.6) is 5.75 Å². The standard InChI is InChI=1S/C15H22N2O2/c1-17-8-7-16-9-14(17)15(10-19-11-15)12-5-3-4-6-13(12)18-2/h3-6,14,16H,7-11H2,1-2H3. The minimum Gasteiger partial charge on any atom is -0.496 e. The molecule has 0 bridgehead atoms. The number of piperazine rings is 1. The van der Waals surface area contributed by atoms with Crippen molar-refractivity contribution in [3.63, 3.8) is 0 Å². The Morgan fingerprint density at radius 1 is 1.37 bits per heavy atom. The summed E-state index contributed by atoms with van der Waals surface area (Å²) >= 11 is 0. The fraction of sp³-hybridized carbons (Fsp3) is 0.600. The van der Waals surface area contributed by atoms with Crippen LogP contribution < -0.4 is 10.1 Å². The van der Waals surface area contributed by atoms with Crippen LogP contribution in [-0.2, 0) is 10.2 Å². The average molecular weight is 262 g/mol. The molecule has 2 aliphatic heterocycles. The van der Waals surface area contributed by atoms with Gasteiger partial charge in [-0.3, -0.25) is 4.90 Å². The van der Waals surface area contributed by atoms with Gasteiger partial charge >= 0.3 is 0 Å². The van der Waals surface area contributed by atoms with Crippen molar-refractivity contribution in [1.82, 2.24) is 10.2 Å². The highest BCUT2D eigenvalue weighted by Crippen LogP contribution is 2.42. The van der Waals surface area contributed by atoms with Crippen molar-refractivity contribution in [2.45, 2.75) is 11.5 Å². The van der Waals surface area contributed by atoms with E-state index in [0.29, 0.717) is 6.04 Å². The topological polar surface area (TPSA) is 33.7 Å². The third-order valence-corrected chi connectivity index (χ3v) is 4.51. The quantitative estimate of drug-likeness (QED) is 0.876. The van der Waals surface area contributed by atoms with E-state index >= 15 is 0 Å². The number of nitrogens with one attached hydrogen (secondary N) is 1. The van der Waals surface area contributed by atoms with Crippen LogP contribution in [0, 0.1) is 0 Å². The van der Waals surface area contributed by atoms with E-state index in [4.69, 9.17) is 9.47 Å². The van der Waals surface area contributed by atoms with Crippen molar-refractivity contribution in [2.75, 3.05) is 47.0 Å². The molecule has 3 rings (SSSR count). The monoisotopic (exact) mass is 262 g/mol. The number of benzene rings is 1. The number of nitrogens with zero attached hydrogens (tertiary/aromatic N) is 1. The van der Waals surface area contributed by atoms with E-state index in [9.17, 15) is 0 Å². The van der Waals surface area contributed by atoms with Crippen molar-refractivity contribution in [1.29, 1.82) is 0 Å². The Morgan fingerprint density at radius 2 is 2.16 bits per heavy atom. The lowest BCUT2D eigenvalue weighted by molar-refractivity contribution is -0.104. The predicted molar refractivity (Wildman–Crippen MR) is 74.8 cm³/mol. The number of ether oxygens (including phenoxy) is 2. The molecule has 2 heterocycles. The number of para-hydroxylation sites is 1. The highest BCUT2D eigenvalue weighted by molar-refractivity contribution is 5.43. The van der Waals surface area contributed by atoms with Crippen LogP contribution in [-0.4, -0.2) is 57.9 Å². The smallest absolute Gasteiger partial charge is 0.122 e. The second-order valence-corrected chi connectivity index (χ2v) is 5.55. The zero-order chi connectivity index (χ0) is 13.3. The van der Waals surface area contributed by atoms with Crippen LogP contribution in [0.15, 0.2) is 24.3 Å². The summed E-state index contributed by atoms with van der Waals surface area (Å²) in [5.74, 6) is 0.977. The SMILES string of the molecule is COc1ccccc1C1(C2CNCCN2C)COC1. The normalized spacial score (nSPS) is 26.7. The van der Waals surface area contributed by atoms with Crippen molar-refractivity contribution in [2.24, 2.45) is 0 Å². The maximum Gasteiger partial charge on any atom is 0.122 e. The summed E-state index contributed by atoms with van der Waals surface area (Å²) in [5, 5.41) is 3.51. The van der Waals surface area contributed by atoms with Crippen LogP contribution in [0.4, 0.5) is 0 Å². The zero-order valence-corrected chi connectivity index (χ0v) is 11.7. The van der Waals surface area contributed by atoms with E-state index in [1.54, 1.807) is 7.11 Å². The molecule has 0 amide bonds. The molecule has 4 heteroatoms. The molecular weight excluding hydrogens is 240 g/mol. The third kappa shape index (κ3) is 2.04. The molecule has 19 heavy (non-hydrogen) atoms. The summed E-state index contributed by atoms with van der Waals surface area (Å²) < 4.78 is 11.1. The zero-order valence-electron chi connectivity index (χ0n) is 11.7. The predicted octanol–water partition coefficient (Wildman–Crippen LogP) is 0.867. The number of hydrogen-bond donors (Lipinski definition) is 1. The summed E-state index contributed by atoms with van der Waals surface area (Å²) in [6.45, 7) is 4.73. The molecule has 2 aliphatic rings. The Hall–Kier alpha value is -1.10. The fourth-order valence-electron chi connectivity index (χ4n) is 3.33. The Morgan fingerprint density at radius 3 is 2.79 bits per heavy atom. The van der Waals surface area contributed by atoms with Crippen LogP contribution in [0.2, 0.25) is 0 Å². The van der Waals surface area contributed by atoms with Gasteiger partial charge in [-0.15, -0.1) is 0 Å². The van der Waals surface area contributed by atoms with Crippen LogP contribution in [0.25, 0.3) is 0 Å². The fourth-order valence-corrected chi connectivity index (χ4v) is 3.33. The molecule has 1 aromatic carbocycles. The van der Waals surface area contributed by atoms with Gasteiger partial charge in [-0.05, 0) is 13.1 Å². The first-order valence-electron chi connectivity index (χ1n) is 6.90. The first kappa shape index (κ1) is 12.9. The van der Waals surface area contributed by atoms with Crippen molar-refractivity contribution in [3.05, 3.63) is 29.8 Å². The Kier molecular flexibility index (Phi) is 3.48. The lowest BCUT2D eigenvalue weighted by Gasteiger charge is -2.52. The van der Waals surface area contributed by atoms with Gasteiger partial charge in [0.25, 0.3) is 0 Å². The summed E-state index contributed by atoms with van der Waals surface area (Å²) in [6, 6.07) is 8.81. The van der Waals surface area contributed by atoms with Gasteiger partial charge in [-0.1, -0.05) is 18.2 Å². The number of methoxy groups -OCH3 is 1.